The molecular formula is C22H28N2O2. The summed E-state index contributed by atoms with van der Waals surface area (Å²) < 4.78 is 5.69. The number of hydrogen-bond acceptors (Lipinski definition) is 2. The van der Waals surface area contributed by atoms with E-state index in [0.717, 1.165) is 29.7 Å². The first-order valence-electron chi connectivity index (χ1n) is 9.54. The number of carbonyl (C=O) groups excluding carboxylic acids is 1. The molecule has 2 N–H and O–H groups in total. The molecule has 26 heavy (non-hydrogen) atoms. The number of hydrogen-bond donors (Lipinski definition) is 2. The second kappa shape index (κ2) is 8.75. The van der Waals surface area contributed by atoms with Crippen molar-refractivity contribution < 1.29 is 9.53 Å². The molecular weight excluding hydrogens is 324 g/mol. The minimum Gasteiger partial charge on any atom is -0.473 e. The predicted octanol–water partition coefficient (Wildman–Crippen LogP) is 4.52. The Morgan fingerprint density at radius 3 is 2.69 bits per heavy atom. The molecule has 1 aliphatic carbocycles. The van der Waals surface area contributed by atoms with E-state index < -0.39 is 0 Å². The fourth-order valence-corrected chi connectivity index (χ4v) is 3.47. The van der Waals surface area contributed by atoms with E-state index in [1.165, 1.54) is 30.4 Å². The Balaban J connectivity index is 1.50. The monoisotopic (exact) mass is 352 g/mol. The normalized spacial score (nSPS) is 14.2. The first-order chi connectivity index (χ1) is 12.7. The first-order valence-corrected chi connectivity index (χ1v) is 9.54. The van der Waals surface area contributed by atoms with Gasteiger partial charge in [0.2, 0.25) is 0 Å². The van der Waals surface area contributed by atoms with Gasteiger partial charge in [-0.25, -0.2) is 4.79 Å². The van der Waals surface area contributed by atoms with Gasteiger partial charge in [-0.3, -0.25) is 0 Å². The van der Waals surface area contributed by atoms with Crippen LogP contribution in [0.4, 0.5) is 4.79 Å². The summed E-state index contributed by atoms with van der Waals surface area (Å²) in [6, 6.07) is 14.2. The Kier molecular flexibility index (Phi) is 6.16. The van der Waals surface area contributed by atoms with Crippen LogP contribution in [0, 0.1) is 0 Å². The van der Waals surface area contributed by atoms with Gasteiger partial charge < -0.3 is 15.4 Å². The maximum Gasteiger partial charge on any atom is 0.317 e. The van der Waals surface area contributed by atoms with Gasteiger partial charge in [0.25, 0.3) is 0 Å². The van der Waals surface area contributed by atoms with Crippen LogP contribution in [0.25, 0.3) is 0 Å². The van der Waals surface area contributed by atoms with Gasteiger partial charge in [0, 0.05) is 0 Å². The Hall–Kier alpha value is -2.49. The molecule has 0 heterocycles. The van der Waals surface area contributed by atoms with Crippen LogP contribution in [-0.4, -0.2) is 12.8 Å². The quantitative estimate of drug-likeness (QED) is 0.751. The lowest BCUT2D eigenvalue weighted by molar-refractivity contribution is 0.221. The molecule has 0 aliphatic heterocycles. The average Bonchev–Trinajstić information content (AvgIpc) is 2.68. The number of amides is 2. The third-order valence-corrected chi connectivity index (χ3v) is 5.03. The maximum atomic E-state index is 12.2. The molecule has 0 bridgehead atoms. The Morgan fingerprint density at radius 1 is 1.12 bits per heavy atom. The van der Waals surface area contributed by atoms with Crippen LogP contribution in [0.2, 0.25) is 0 Å². The first kappa shape index (κ1) is 18.3. The molecule has 0 radical (unpaired) electrons. The van der Waals surface area contributed by atoms with Gasteiger partial charge in [-0.05, 0) is 67.3 Å². The minimum absolute atomic E-state index is 0.0369. The third kappa shape index (κ3) is 4.57. The Bertz CT molecular complexity index is 758. The zero-order chi connectivity index (χ0) is 18.4. The number of nitrogens with one attached hydrogen (secondary N) is 2. The van der Waals surface area contributed by atoms with Crippen molar-refractivity contribution in [3.05, 3.63) is 64.7 Å². The van der Waals surface area contributed by atoms with Gasteiger partial charge in [-0.2, -0.15) is 0 Å². The maximum absolute atomic E-state index is 12.2. The average molecular weight is 352 g/mol. The van der Waals surface area contributed by atoms with Crippen LogP contribution in [0.1, 0.15) is 55.0 Å². The molecule has 2 amide bonds. The highest BCUT2D eigenvalue weighted by molar-refractivity contribution is 5.74. The van der Waals surface area contributed by atoms with E-state index in [9.17, 15) is 4.79 Å². The molecule has 0 spiro atoms. The molecule has 4 heteroatoms. The summed E-state index contributed by atoms with van der Waals surface area (Å²) in [5.41, 5.74) is 5.18. The lowest BCUT2D eigenvalue weighted by atomic mass is 9.89. The summed E-state index contributed by atoms with van der Waals surface area (Å²) in [6.45, 7) is 4.25. The predicted molar refractivity (Wildman–Crippen MR) is 104 cm³/mol. The van der Waals surface area contributed by atoms with Crippen LogP contribution >= 0.6 is 0 Å². The minimum atomic E-state index is -0.218. The smallest absolute Gasteiger partial charge is 0.317 e. The van der Waals surface area contributed by atoms with Crippen LogP contribution in [0.5, 0.6) is 5.75 Å². The fourth-order valence-electron chi connectivity index (χ4n) is 3.47. The van der Waals surface area contributed by atoms with Crippen LogP contribution < -0.4 is 15.4 Å². The molecule has 1 atom stereocenters. The lowest BCUT2D eigenvalue weighted by Gasteiger charge is -2.20. The van der Waals surface area contributed by atoms with Crippen LogP contribution in [0.15, 0.2) is 42.5 Å². The molecule has 0 saturated carbocycles. The van der Waals surface area contributed by atoms with Crippen molar-refractivity contribution in [2.75, 3.05) is 6.73 Å². The fraction of sp³-hybridized carbons (Fsp3) is 0.409. The number of benzene rings is 2. The van der Waals surface area contributed by atoms with Gasteiger partial charge in [-0.1, -0.05) is 43.3 Å². The highest BCUT2D eigenvalue weighted by Crippen LogP contribution is 2.24. The van der Waals surface area contributed by atoms with E-state index >= 15 is 0 Å². The summed E-state index contributed by atoms with van der Waals surface area (Å²) in [6.07, 6.45) is 5.76. The van der Waals surface area contributed by atoms with Crippen molar-refractivity contribution >= 4 is 6.03 Å². The van der Waals surface area contributed by atoms with Gasteiger partial charge in [-0.15, -0.1) is 0 Å². The molecule has 0 aromatic heterocycles. The Morgan fingerprint density at radius 2 is 1.88 bits per heavy atom. The lowest BCUT2D eigenvalue weighted by Crippen LogP contribution is -2.39. The topological polar surface area (TPSA) is 50.4 Å². The summed E-state index contributed by atoms with van der Waals surface area (Å²) in [5, 5.41) is 5.76. The van der Waals surface area contributed by atoms with Crippen LogP contribution in [-0.2, 0) is 19.3 Å². The summed E-state index contributed by atoms with van der Waals surface area (Å²) in [5.74, 6) is 0.818. The van der Waals surface area contributed by atoms with E-state index in [-0.39, 0.29) is 18.8 Å². The number of aryl methyl sites for hydroxylation is 3. The Labute approximate surface area is 156 Å². The number of rotatable bonds is 6. The largest absolute Gasteiger partial charge is 0.473 e. The van der Waals surface area contributed by atoms with Crippen molar-refractivity contribution in [2.45, 2.75) is 52.0 Å². The summed E-state index contributed by atoms with van der Waals surface area (Å²) >= 11 is 0. The van der Waals surface area contributed by atoms with Crippen molar-refractivity contribution in [3.8, 4) is 5.75 Å². The standard InChI is InChI=1S/C22H28N2O2/c1-3-17-8-6-7-11-21(17)26-15-23-22(25)24-16(2)19-13-12-18-9-4-5-10-20(18)14-19/h6-8,11-14,16H,3-5,9-10,15H2,1-2H3,(H2,23,24,25). The number of urea groups is 1. The second-order valence-electron chi connectivity index (χ2n) is 6.86. The molecule has 138 valence electrons. The SMILES string of the molecule is CCc1ccccc1OCNC(=O)NC(C)c1ccc2c(c1)CCCC2. The van der Waals surface area contributed by atoms with Crippen molar-refractivity contribution in [1.29, 1.82) is 0 Å². The molecule has 4 nitrogen and oxygen atoms in total. The van der Waals surface area contributed by atoms with Crippen molar-refractivity contribution in [1.82, 2.24) is 10.6 Å². The highest BCUT2D eigenvalue weighted by atomic mass is 16.5. The third-order valence-electron chi connectivity index (χ3n) is 5.03. The molecule has 1 unspecified atom stereocenters. The summed E-state index contributed by atoms with van der Waals surface area (Å²) in [4.78, 5) is 12.2. The molecule has 0 saturated heterocycles. The van der Waals surface area contributed by atoms with E-state index in [0.29, 0.717) is 0 Å². The zero-order valence-corrected chi connectivity index (χ0v) is 15.7. The molecule has 2 aromatic carbocycles. The van der Waals surface area contributed by atoms with E-state index in [1.54, 1.807) is 0 Å². The van der Waals surface area contributed by atoms with Gasteiger partial charge in [0.15, 0.2) is 6.73 Å². The number of ether oxygens (including phenoxy) is 1. The molecule has 1 aliphatic rings. The zero-order valence-electron chi connectivity index (χ0n) is 15.7. The number of para-hydroxylation sites is 1. The van der Waals surface area contributed by atoms with Crippen molar-refractivity contribution in [3.63, 3.8) is 0 Å². The van der Waals surface area contributed by atoms with Crippen LogP contribution in [0.3, 0.4) is 0 Å². The van der Waals surface area contributed by atoms with E-state index in [1.807, 2.05) is 31.2 Å². The van der Waals surface area contributed by atoms with Gasteiger partial charge in [0.05, 0.1) is 6.04 Å². The number of fused-ring (bicyclic) bond motifs is 1. The molecule has 2 aromatic rings. The highest BCUT2D eigenvalue weighted by Gasteiger charge is 2.14. The van der Waals surface area contributed by atoms with E-state index in [2.05, 4.69) is 35.8 Å². The second-order valence-corrected chi connectivity index (χ2v) is 6.86. The number of carbonyl (C=O) groups is 1. The van der Waals surface area contributed by atoms with E-state index in [4.69, 9.17) is 4.74 Å². The van der Waals surface area contributed by atoms with Gasteiger partial charge >= 0.3 is 6.03 Å². The van der Waals surface area contributed by atoms with Crippen molar-refractivity contribution in [2.24, 2.45) is 0 Å². The molecule has 0 fully saturated rings. The summed E-state index contributed by atoms with van der Waals surface area (Å²) in [7, 11) is 0. The molecule has 3 rings (SSSR count). The van der Waals surface area contributed by atoms with Gasteiger partial charge in [0.1, 0.15) is 5.75 Å².